The summed E-state index contributed by atoms with van der Waals surface area (Å²) in [5.41, 5.74) is 0. The standard InChI is InChI=1S/C10H13ClO2S/c1-3-8(2)14(12,13)10-7-5-4-6-9(10)11/h4-8H,3H2,1-2H3. The van der Waals surface area contributed by atoms with Crippen LogP contribution in [0.3, 0.4) is 0 Å². The molecule has 1 rings (SSSR count). The first-order valence-electron chi connectivity index (χ1n) is 4.48. The molecule has 0 heterocycles. The summed E-state index contributed by atoms with van der Waals surface area (Å²) in [7, 11) is -3.25. The number of hydrogen-bond acceptors (Lipinski definition) is 2. The van der Waals surface area contributed by atoms with Crippen LogP contribution < -0.4 is 0 Å². The van der Waals surface area contributed by atoms with E-state index in [1.165, 1.54) is 0 Å². The zero-order valence-electron chi connectivity index (χ0n) is 8.20. The van der Waals surface area contributed by atoms with Crippen LogP contribution in [-0.2, 0) is 9.84 Å². The van der Waals surface area contributed by atoms with Crippen LogP contribution in [0.2, 0.25) is 5.02 Å². The van der Waals surface area contributed by atoms with E-state index in [1.54, 1.807) is 31.2 Å². The van der Waals surface area contributed by atoms with E-state index in [-0.39, 0.29) is 10.1 Å². The van der Waals surface area contributed by atoms with Gasteiger partial charge in [0.1, 0.15) is 0 Å². The Morgan fingerprint density at radius 3 is 2.43 bits per heavy atom. The van der Waals surface area contributed by atoms with Crippen LogP contribution in [0.25, 0.3) is 0 Å². The molecule has 0 bridgehead atoms. The molecule has 1 unspecified atom stereocenters. The van der Waals surface area contributed by atoms with E-state index in [4.69, 9.17) is 11.6 Å². The van der Waals surface area contributed by atoms with Crippen molar-refractivity contribution >= 4 is 21.4 Å². The molecule has 0 amide bonds. The minimum atomic E-state index is -3.25. The summed E-state index contributed by atoms with van der Waals surface area (Å²) in [6.07, 6.45) is 0.591. The zero-order valence-corrected chi connectivity index (χ0v) is 9.77. The van der Waals surface area contributed by atoms with E-state index >= 15 is 0 Å². The molecule has 0 fully saturated rings. The lowest BCUT2D eigenvalue weighted by Gasteiger charge is -2.11. The molecular formula is C10H13ClO2S. The topological polar surface area (TPSA) is 34.1 Å². The third-order valence-corrected chi connectivity index (χ3v) is 5.05. The van der Waals surface area contributed by atoms with Crippen molar-refractivity contribution in [1.82, 2.24) is 0 Å². The Morgan fingerprint density at radius 1 is 1.36 bits per heavy atom. The average Bonchev–Trinajstić information content (AvgIpc) is 2.17. The van der Waals surface area contributed by atoms with Crippen molar-refractivity contribution in [3.05, 3.63) is 29.3 Å². The van der Waals surface area contributed by atoms with Gasteiger partial charge in [-0.2, -0.15) is 0 Å². The molecule has 0 aliphatic heterocycles. The normalized spacial score (nSPS) is 13.9. The van der Waals surface area contributed by atoms with Gasteiger partial charge in [0.2, 0.25) is 0 Å². The molecule has 0 aliphatic carbocycles. The minimum Gasteiger partial charge on any atom is -0.223 e. The van der Waals surface area contributed by atoms with Crippen LogP contribution in [-0.4, -0.2) is 13.7 Å². The molecule has 1 aromatic rings. The highest BCUT2D eigenvalue weighted by Crippen LogP contribution is 2.25. The highest BCUT2D eigenvalue weighted by Gasteiger charge is 2.23. The van der Waals surface area contributed by atoms with E-state index < -0.39 is 9.84 Å². The molecular weight excluding hydrogens is 220 g/mol. The smallest absolute Gasteiger partial charge is 0.182 e. The molecule has 14 heavy (non-hydrogen) atoms. The third-order valence-electron chi connectivity index (χ3n) is 2.25. The first-order valence-corrected chi connectivity index (χ1v) is 6.41. The predicted octanol–water partition coefficient (Wildman–Crippen LogP) is 2.91. The number of sulfone groups is 1. The second kappa shape index (κ2) is 4.32. The maximum Gasteiger partial charge on any atom is 0.182 e. The van der Waals surface area contributed by atoms with Gasteiger partial charge < -0.3 is 0 Å². The van der Waals surface area contributed by atoms with Crippen LogP contribution in [0.4, 0.5) is 0 Å². The fourth-order valence-corrected chi connectivity index (χ4v) is 3.05. The van der Waals surface area contributed by atoms with E-state index in [2.05, 4.69) is 0 Å². The fourth-order valence-electron chi connectivity index (χ4n) is 1.11. The Hall–Kier alpha value is -0.540. The van der Waals surface area contributed by atoms with Gasteiger partial charge in [-0.25, -0.2) is 8.42 Å². The first kappa shape index (κ1) is 11.5. The summed E-state index contributed by atoms with van der Waals surface area (Å²) in [6.45, 7) is 3.54. The minimum absolute atomic E-state index is 0.232. The average molecular weight is 233 g/mol. The SMILES string of the molecule is CCC(C)S(=O)(=O)c1ccccc1Cl. The third kappa shape index (κ3) is 2.10. The quantitative estimate of drug-likeness (QED) is 0.803. The molecule has 0 aliphatic rings. The van der Waals surface area contributed by atoms with Crippen LogP contribution in [0.15, 0.2) is 29.2 Å². The Morgan fingerprint density at radius 2 is 1.93 bits per heavy atom. The second-order valence-electron chi connectivity index (χ2n) is 3.19. The lowest BCUT2D eigenvalue weighted by atomic mass is 10.4. The van der Waals surface area contributed by atoms with E-state index in [0.29, 0.717) is 11.4 Å². The lowest BCUT2D eigenvalue weighted by Crippen LogP contribution is -2.17. The maximum absolute atomic E-state index is 11.9. The van der Waals surface area contributed by atoms with Gasteiger partial charge in [0.15, 0.2) is 9.84 Å². The van der Waals surface area contributed by atoms with Crippen molar-refractivity contribution in [2.75, 3.05) is 0 Å². The van der Waals surface area contributed by atoms with Gasteiger partial charge >= 0.3 is 0 Å². The summed E-state index contributed by atoms with van der Waals surface area (Å²) in [6, 6.07) is 6.54. The van der Waals surface area contributed by atoms with Crippen molar-refractivity contribution in [3.63, 3.8) is 0 Å². The van der Waals surface area contributed by atoms with Gasteiger partial charge in [-0.3, -0.25) is 0 Å². The van der Waals surface area contributed by atoms with E-state index in [0.717, 1.165) is 0 Å². The summed E-state index contributed by atoms with van der Waals surface area (Å²) in [5.74, 6) is 0. The first-order chi connectivity index (χ1) is 6.50. The molecule has 0 spiro atoms. The molecule has 4 heteroatoms. The zero-order chi connectivity index (χ0) is 10.8. The van der Waals surface area contributed by atoms with Crippen LogP contribution >= 0.6 is 11.6 Å². The maximum atomic E-state index is 11.9. The summed E-state index contributed by atoms with van der Waals surface area (Å²) >= 11 is 5.83. The largest absolute Gasteiger partial charge is 0.223 e. The van der Waals surface area contributed by atoms with Crippen molar-refractivity contribution in [1.29, 1.82) is 0 Å². The molecule has 78 valence electrons. The van der Waals surface area contributed by atoms with Gasteiger partial charge in [0.05, 0.1) is 15.2 Å². The van der Waals surface area contributed by atoms with Gasteiger partial charge in [-0.15, -0.1) is 0 Å². The van der Waals surface area contributed by atoms with E-state index in [1.807, 2.05) is 6.92 Å². The van der Waals surface area contributed by atoms with Gasteiger partial charge in [0.25, 0.3) is 0 Å². The molecule has 1 atom stereocenters. The van der Waals surface area contributed by atoms with Crippen LogP contribution in [0.5, 0.6) is 0 Å². The van der Waals surface area contributed by atoms with Crippen molar-refractivity contribution in [3.8, 4) is 0 Å². The summed E-state index contributed by atoms with van der Waals surface area (Å²) in [4.78, 5) is 0.232. The molecule has 0 radical (unpaired) electrons. The molecule has 1 aromatic carbocycles. The summed E-state index contributed by atoms with van der Waals surface area (Å²) in [5, 5.41) is -0.0878. The van der Waals surface area contributed by atoms with Crippen molar-refractivity contribution in [2.45, 2.75) is 30.4 Å². The monoisotopic (exact) mass is 232 g/mol. The molecule has 0 saturated carbocycles. The fraction of sp³-hybridized carbons (Fsp3) is 0.400. The van der Waals surface area contributed by atoms with E-state index in [9.17, 15) is 8.42 Å². The van der Waals surface area contributed by atoms with Crippen LogP contribution in [0, 0.1) is 0 Å². The second-order valence-corrected chi connectivity index (χ2v) is 5.94. The van der Waals surface area contributed by atoms with Gasteiger partial charge in [-0.05, 0) is 25.5 Å². The highest BCUT2D eigenvalue weighted by atomic mass is 35.5. The number of benzene rings is 1. The Bertz CT molecular complexity index is 412. The molecule has 0 N–H and O–H groups in total. The Balaban J connectivity index is 3.24. The number of halogens is 1. The Kier molecular flexibility index (Phi) is 3.56. The Labute approximate surface area is 89.8 Å². The van der Waals surface area contributed by atoms with Crippen molar-refractivity contribution in [2.24, 2.45) is 0 Å². The molecule has 2 nitrogen and oxygen atoms in total. The predicted molar refractivity (Wildman–Crippen MR) is 58.4 cm³/mol. The molecule has 0 saturated heterocycles. The van der Waals surface area contributed by atoms with Gasteiger partial charge in [0, 0.05) is 0 Å². The number of hydrogen-bond donors (Lipinski definition) is 0. The van der Waals surface area contributed by atoms with Crippen molar-refractivity contribution < 1.29 is 8.42 Å². The van der Waals surface area contributed by atoms with Gasteiger partial charge in [-0.1, -0.05) is 30.7 Å². The lowest BCUT2D eigenvalue weighted by molar-refractivity contribution is 0.581. The summed E-state index contributed by atoms with van der Waals surface area (Å²) < 4.78 is 23.8. The molecule has 0 aromatic heterocycles. The highest BCUT2D eigenvalue weighted by molar-refractivity contribution is 7.92. The van der Waals surface area contributed by atoms with Crippen LogP contribution in [0.1, 0.15) is 20.3 Å². The number of rotatable bonds is 3.